The van der Waals surface area contributed by atoms with Crippen LogP contribution < -0.4 is 9.46 Å². The van der Waals surface area contributed by atoms with E-state index in [9.17, 15) is 34.8 Å². The number of piperidine rings is 3. The van der Waals surface area contributed by atoms with Crippen LogP contribution in [0.1, 0.15) is 35.6 Å². The third-order valence-electron chi connectivity index (χ3n) is 8.01. The van der Waals surface area contributed by atoms with Crippen molar-refractivity contribution in [3.63, 3.8) is 0 Å². The van der Waals surface area contributed by atoms with Gasteiger partial charge < -0.3 is 4.74 Å². The number of pyridine rings is 1. The van der Waals surface area contributed by atoms with Gasteiger partial charge in [-0.1, -0.05) is 6.08 Å². The molecule has 2 bridgehead atoms. The Balaban J connectivity index is 1.65. The lowest BCUT2D eigenvalue weighted by Crippen LogP contribution is -2.57. The number of alkyl halides is 6. The molecular weight excluding hydrogens is 572 g/mol. The van der Waals surface area contributed by atoms with Crippen LogP contribution in [-0.4, -0.2) is 44.5 Å². The van der Waals surface area contributed by atoms with Crippen LogP contribution in [-0.2, 0) is 22.4 Å². The Bertz CT molecular complexity index is 1540. The number of aromatic nitrogens is 1. The standard InChI is InChI=1S/C28H27F6N3O3S/c1-3-16-15-37-9-7-17(16)10-25(37)26(22-6-8-35-24-5-4-20(40-2)14-23(22)24)36-41(38,39)21-12-18(27(29,30)31)11-19(13-21)28(32,33)34/h3-6,8,11-14,16-17,25-26,36H,1,7,9-10,15H2,2H3. The molecule has 220 valence electrons. The maximum atomic E-state index is 13.7. The molecule has 3 fully saturated rings. The van der Waals surface area contributed by atoms with E-state index in [1.54, 1.807) is 24.3 Å². The van der Waals surface area contributed by atoms with Crippen molar-refractivity contribution in [1.82, 2.24) is 14.6 Å². The molecule has 4 heterocycles. The first-order valence-electron chi connectivity index (χ1n) is 12.8. The number of fused-ring (bicyclic) bond motifs is 4. The van der Waals surface area contributed by atoms with E-state index in [0.29, 0.717) is 41.7 Å². The summed E-state index contributed by atoms with van der Waals surface area (Å²) in [6, 6.07) is 5.56. The Hall–Kier alpha value is -3.16. The molecule has 0 radical (unpaired) electrons. The number of ether oxygens (including phenoxy) is 1. The molecule has 0 spiro atoms. The average molecular weight is 600 g/mol. The van der Waals surface area contributed by atoms with E-state index in [0.717, 1.165) is 6.42 Å². The summed E-state index contributed by atoms with van der Waals surface area (Å²) in [5, 5.41) is 0.544. The third-order valence-corrected chi connectivity index (χ3v) is 9.43. The van der Waals surface area contributed by atoms with E-state index in [4.69, 9.17) is 4.74 Å². The van der Waals surface area contributed by atoms with Gasteiger partial charge in [-0.05, 0) is 79.3 Å². The topological polar surface area (TPSA) is 71.5 Å². The number of methoxy groups -OCH3 is 1. The summed E-state index contributed by atoms with van der Waals surface area (Å²) < 4.78 is 116. The molecule has 13 heteroatoms. The second-order valence-electron chi connectivity index (χ2n) is 10.4. The maximum Gasteiger partial charge on any atom is 0.416 e. The highest BCUT2D eigenvalue weighted by atomic mass is 32.2. The highest BCUT2D eigenvalue weighted by Crippen LogP contribution is 2.43. The summed E-state index contributed by atoms with van der Waals surface area (Å²) in [6.45, 7) is 5.16. The number of halogens is 6. The summed E-state index contributed by atoms with van der Waals surface area (Å²) in [5.41, 5.74) is -2.42. The van der Waals surface area contributed by atoms with Crippen molar-refractivity contribution < 1.29 is 39.5 Å². The molecule has 1 aromatic heterocycles. The molecule has 41 heavy (non-hydrogen) atoms. The van der Waals surface area contributed by atoms with Crippen molar-refractivity contribution in [3.05, 3.63) is 78.0 Å². The fourth-order valence-electron chi connectivity index (χ4n) is 5.93. The van der Waals surface area contributed by atoms with Gasteiger partial charge >= 0.3 is 12.4 Å². The van der Waals surface area contributed by atoms with Crippen molar-refractivity contribution in [3.8, 4) is 5.75 Å². The number of hydrogen-bond acceptors (Lipinski definition) is 5. The molecule has 3 aromatic rings. The Morgan fingerprint density at radius 3 is 2.32 bits per heavy atom. The van der Waals surface area contributed by atoms with Crippen LogP contribution in [0.2, 0.25) is 0 Å². The molecule has 3 aliphatic rings. The highest BCUT2D eigenvalue weighted by Gasteiger charge is 2.45. The van der Waals surface area contributed by atoms with Gasteiger partial charge in [-0.3, -0.25) is 9.88 Å². The summed E-state index contributed by atoms with van der Waals surface area (Å²) >= 11 is 0. The number of hydrogen-bond donors (Lipinski definition) is 1. The van der Waals surface area contributed by atoms with Crippen LogP contribution in [0.15, 0.2) is 66.2 Å². The Labute approximate surface area is 233 Å². The number of nitrogens with one attached hydrogen (secondary N) is 1. The number of nitrogens with zero attached hydrogens (tertiary/aromatic N) is 2. The van der Waals surface area contributed by atoms with Crippen LogP contribution >= 0.6 is 0 Å². The largest absolute Gasteiger partial charge is 0.497 e. The number of benzene rings is 2. The highest BCUT2D eigenvalue weighted by molar-refractivity contribution is 7.89. The normalized spacial score (nSPS) is 23.9. The fraction of sp³-hybridized carbons (Fsp3) is 0.393. The van der Waals surface area contributed by atoms with E-state index in [-0.39, 0.29) is 30.0 Å². The predicted molar refractivity (Wildman–Crippen MR) is 140 cm³/mol. The van der Waals surface area contributed by atoms with E-state index < -0.39 is 50.5 Å². The molecular formula is C28H27F6N3O3S. The van der Waals surface area contributed by atoms with Crippen LogP contribution in [0, 0.1) is 11.8 Å². The Morgan fingerprint density at radius 2 is 1.76 bits per heavy atom. The quantitative estimate of drug-likeness (QED) is 0.259. The van der Waals surface area contributed by atoms with Gasteiger partial charge in [0.25, 0.3) is 0 Å². The Morgan fingerprint density at radius 1 is 1.07 bits per heavy atom. The lowest BCUT2D eigenvalue weighted by atomic mass is 9.73. The first-order valence-corrected chi connectivity index (χ1v) is 14.3. The minimum Gasteiger partial charge on any atom is -0.497 e. The Kier molecular flexibility index (Phi) is 7.58. The monoisotopic (exact) mass is 599 g/mol. The zero-order chi connectivity index (χ0) is 29.7. The predicted octanol–water partition coefficient (Wildman–Crippen LogP) is 6.20. The molecule has 0 saturated carbocycles. The summed E-state index contributed by atoms with van der Waals surface area (Å²) in [6.07, 6.45) is -5.64. The zero-order valence-corrected chi connectivity index (χ0v) is 22.7. The van der Waals surface area contributed by atoms with Gasteiger partial charge in [0.2, 0.25) is 10.0 Å². The van der Waals surface area contributed by atoms with Crippen LogP contribution in [0.3, 0.4) is 0 Å². The van der Waals surface area contributed by atoms with Gasteiger partial charge in [-0.25, -0.2) is 13.1 Å². The third kappa shape index (κ3) is 5.80. The lowest BCUT2D eigenvalue weighted by Gasteiger charge is -2.51. The summed E-state index contributed by atoms with van der Waals surface area (Å²) in [7, 11) is -3.43. The van der Waals surface area contributed by atoms with Crippen LogP contribution in [0.5, 0.6) is 5.75 Å². The SMILES string of the molecule is C=CC1CN2CCC1CC2C(NS(=O)(=O)c1cc(C(F)(F)F)cc(C(F)(F)F)c1)c1ccnc2ccc(OC)cc12. The molecule has 3 aliphatic heterocycles. The molecule has 5 unspecified atom stereocenters. The van der Waals surface area contributed by atoms with Crippen molar-refractivity contribution >= 4 is 20.9 Å². The molecule has 5 atom stereocenters. The first-order chi connectivity index (χ1) is 19.2. The lowest BCUT2D eigenvalue weighted by molar-refractivity contribution is -0.143. The molecule has 1 N–H and O–H groups in total. The first kappa shape index (κ1) is 29.3. The van der Waals surface area contributed by atoms with Gasteiger partial charge in [0.1, 0.15) is 5.75 Å². The summed E-state index contributed by atoms with van der Waals surface area (Å²) in [5.74, 6) is 0.852. The van der Waals surface area contributed by atoms with Crippen molar-refractivity contribution in [2.24, 2.45) is 11.8 Å². The van der Waals surface area contributed by atoms with Gasteiger partial charge in [0.15, 0.2) is 0 Å². The number of sulfonamides is 1. The summed E-state index contributed by atoms with van der Waals surface area (Å²) in [4.78, 5) is 5.31. The van der Waals surface area contributed by atoms with Gasteiger partial charge in [0, 0.05) is 24.2 Å². The van der Waals surface area contributed by atoms with Crippen molar-refractivity contribution in [2.75, 3.05) is 20.2 Å². The van der Waals surface area contributed by atoms with E-state index in [2.05, 4.69) is 21.2 Å². The smallest absolute Gasteiger partial charge is 0.416 e. The van der Waals surface area contributed by atoms with Crippen molar-refractivity contribution in [1.29, 1.82) is 0 Å². The van der Waals surface area contributed by atoms with Crippen molar-refractivity contribution in [2.45, 2.75) is 42.2 Å². The fourth-order valence-corrected chi connectivity index (χ4v) is 7.25. The second kappa shape index (κ2) is 10.6. The van der Waals surface area contributed by atoms with E-state index in [1.165, 1.54) is 13.3 Å². The minimum atomic E-state index is -5.20. The average Bonchev–Trinajstić information content (AvgIpc) is 2.94. The molecule has 3 saturated heterocycles. The molecule has 6 nitrogen and oxygen atoms in total. The minimum absolute atomic E-state index is 0.0968. The van der Waals surface area contributed by atoms with Gasteiger partial charge in [-0.2, -0.15) is 26.3 Å². The van der Waals surface area contributed by atoms with Crippen LogP contribution in [0.25, 0.3) is 10.9 Å². The molecule has 6 rings (SSSR count). The zero-order valence-electron chi connectivity index (χ0n) is 21.8. The van der Waals surface area contributed by atoms with E-state index >= 15 is 0 Å². The van der Waals surface area contributed by atoms with E-state index in [1.807, 2.05) is 6.08 Å². The number of rotatable bonds is 7. The van der Waals surface area contributed by atoms with Gasteiger partial charge in [0.05, 0.1) is 34.7 Å². The molecule has 2 aromatic carbocycles. The second-order valence-corrected chi connectivity index (χ2v) is 12.1. The van der Waals surface area contributed by atoms with Gasteiger partial charge in [-0.15, -0.1) is 6.58 Å². The molecule has 0 aliphatic carbocycles. The molecule has 0 amide bonds. The maximum absolute atomic E-state index is 13.7. The van der Waals surface area contributed by atoms with Crippen LogP contribution in [0.4, 0.5) is 26.3 Å².